The van der Waals surface area contributed by atoms with Crippen molar-refractivity contribution < 1.29 is 53.9 Å². The number of carbonyl (C=O) groups is 1. The van der Waals surface area contributed by atoms with Crippen molar-refractivity contribution in [2.24, 2.45) is 0 Å². The van der Waals surface area contributed by atoms with Crippen LogP contribution in [-0.2, 0) is 18.4 Å². The molecule has 1 rings (SSSR count). The lowest BCUT2D eigenvalue weighted by Crippen LogP contribution is -2.64. The number of carbonyl (C=O) groups excluding carboxylic acids is 1. The third kappa shape index (κ3) is 33.5. The second kappa shape index (κ2) is 42.2. The SMILES string of the molecule is CCCCCCCCCCCCCCCCCCCCCCCCCCCCC(=O)N[C@@H](COP(=O)(O)OC1C(O)C(O)C(O)[C@@H](O)C1O)[C@H](O)CCCCCCCCCCCCCC. The summed E-state index contributed by atoms with van der Waals surface area (Å²) >= 11 is 0. The average Bonchev–Trinajstić information content (AvgIpc) is 3.29. The second-order valence-corrected chi connectivity index (χ2v) is 21.2. The van der Waals surface area contributed by atoms with Crippen LogP contribution in [0.15, 0.2) is 0 Å². The lowest BCUT2D eigenvalue weighted by molar-refractivity contribution is -0.220. The van der Waals surface area contributed by atoms with Crippen LogP contribution < -0.4 is 5.32 Å². The molecule has 9 atom stereocenters. The maximum Gasteiger partial charge on any atom is 0.472 e. The number of rotatable bonds is 47. The average molecular weight is 950 g/mol. The van der Waals surface area contributed by atoms with Gasteiger partial charge in [0.1, 0.15) is 36.6 Å². The van der Waals surface area contributed by atoms with Gasteiger partial charge in [-0.2, -0.15) is 0 Å². The van der Waals surface area contributed by atoms with Gasteiger partial charge in [-0.15, -0.1) is 0 Å². The van der Waals surface area contributed by atoms with Crippen LogP contribution in [0.4, 0.5) is 0 Å². The lowest BCUT2D eigenvalue weighted by atomic mass is 9.85. The highest BCUT2D eigenvalue weighted by Gasteiger charge is 2.51. The van der Waals surface area contributed by atoms with Crippen LogP contribution in [0.5, 0.6) is 0 Å². The zero-order valence-corrected chi connectivity index (χ0v) is 42.7. The van der Waals surface area contributed by atoms with Crippen LogP contribution in [-0.4, -0.2) is 96.8 Å². The molecule has 388 valence electrons. The Balaban J connectivity index is 2.27. The number of unbranched alkanes of at least 4 members (excludes halogenated alkanes) is 36. The maximum absolute atomic E-state index is 13.0. The molecule has 0 heterocycles. The van der Waals surface area contributed by atoms with Crippen LogP contribution in [0.2, 0.25) is 0 Å². The number of phosphoric ester groups is 1. The molecule has 0 aromatic heterocycles. The van der Waals surface area contributed by atoms with Gasteiger partial charge in [-0.05, 0) is 12.8 Å². The summed E-state index contributed by atoms with van der Waals surface area (Å²) in [6.45, 7) is 3.92. The molecule has 0 aromatic rings. The van der Waals surface area contributed by atoms with Crippen LogP contribution in [0.1, 0.15) is 271 Å². The molecule has 65 heavy (non-hydrogen) atoms. The van der Waals surface area contributed by atoms with E-state index in [4.69, 9.17) is 9.05 Å². The summed E-state index contributed by atoms with van der Waals surface area (Å²) in [5.74, 6) is -0.302. The Kier molecular flexibility index (Phi) is 40.5. The summed E-state index contributed by atoms with van der Waals surface area (Å²) in [6.07, 6.45) is 35.8. The van der Waals surface area contributed by atoms with E-state index >= 15 is 0 Å². The lowest BCUT2D eigenvalue weighted by Gasteiger charge is -2.41. The molecule has 0 aromatic carbocycles. The fourth-order valence-corrected chi connectivity index (χ4v) is 10.2. The molecule has 8 N–H and O–H groups in total. The van der Waals surface area contributed by atoms with Crippen molar-refractivity contribution in [1.29, 1.82) is 0 Å². The van der Waals surface area contributed by atoms with Crippen molar-refractivity contribution >= 4 is 13.7 Å². The fourth-order valence-electron chi connectivity index (χ4n) is 9.21. The van der Waals surface area contributed by atoms with Crippen LogP contribution >= 0.6 is 7.82 Å². The molecule has 6 unspecified atom stereocenters. The minimum absolute atomic E-state index is 0.243. The minimum Gasteiger partial charge on any atom is -0.391 e. The van der Waals surface area contributed by atoms with E-state index in [2.05, 4.69) is 19.2 Å². The number of aliphatic hydroxyl groups is 6. The molecule has 0 bridgehead atoms. The Morgan fingerprint density at radius 3 is 1.06 bits per heavy atom. The van der Waals surface area contributed by atoms with E-state index in [1.807, 2.05) is 0 Å². The van der Waals surface area contributed by atoms with Gasteiger partial charge in [0.15, 0.2) is 0 Å². The zero-order chi connectivity index (χ0) is 47.8. The van der Waals surface area contributed by atoms with Gasteiger partial charge in [-0.25, -0.2) is 4.57 Å². The van der Waals surface area contributed by atoms with E-state index in [9.17, 15) is 44.9 Å². The predicted octanol–water partition coefficient (Wildman–Crippen LogP) is 11.8. The monoisotopic (exact) mass is 950 g/mol. The van der Waals surface area contributed by atoms with Gasteiger partial charge in [0.25, 0.3) is 0 Å². The standard InChI is InChI=1S/C52H104NO11P/c1-3-5-7-9-11-13-15-17-18-19-20-21-22-23-24-25-26-27-28-29-30-32-34-36-38-40-42-46(55)53-44(45(54)41-39-37-35-33-31-16-14-12-10-8-6-4-2)43-63-65(61,62)64-52-50(59)48(57)47(56)49(58)51(52)60/h44-45,47-52,54,56-60H,3-43H2,1-2H3,(H,53,55)(H,61,62)/t44-,45+,47?,48+,49?,50?,51?,52?/m0/s1. The van der Waals surface area contributed by atoms with Gasteiger partial charge in [0.2, 0.25) is 5.91 Å². The highest BCUT2D eigenvalue weighted by atomic mass is 31.2. The molecule has 1 aliphatic carbocycles. The van der Waals surface area contributed by atoms with E-state index in [-0.39, 0.29) is 12.3 Å². The summed E-state index contributed by atoms with van der Waals surface area (Å²) in [4.78, 5) is 23.5. The summed E-state index contributed by atoms with van der Waals surface area (Å²) in [5.41, 5.74) is 0. The fraction of sp³-hybridized carbons (Fsp3) is 0.981. The smallest absolute Gasteiger partial charge is 0.391 e. The van der Waals surface area contributed by atoms with Gasteiger partial charge in [-0.1, -0.05) is 251 Å². The Morgan fingerprint density at radius 2 is 0.738 bits per heavy atom. The molecule has 0 saturated heterocycles. The Bertz CT molecular complexity index is 1100. The summed E-state index contributed by atoms with van der Waals surface area (Å²) in [5, 5.41) is 64.3. The molecular weight excluding hydrogens is 846 g/mol. The predicted molar refractivity (Wildman–Crippen MR) is 265 cm³/mol. The first-order valence-electron chi connectivity index (χ1n) is 27.5. The van der Waals surface area contributed by atoms with Crippen molar-refractivity contribution in [1.82, 2.24) is 5.32 Å². The quantitative estimate of drug-likeness (QED) is 0.0213. The molecule has 0 spiro atoms. The van der Waals surface area contributed by atoms with Crippen LogP contribution in [0.3, 0.4) is 0 Å². The first-order valence-corrected chi connectivity index (χ1v) is 29.0. The van der Waals surface area contributed by atoms with E-state index in [0.29, 0.717) is 19.3 Å². The van der Waals surface area contributed by atoms with Gasteiger partial charge >= 0.3 is 7.82 Å². The van der Waals surface area contributed by atoms with Crippen LogP contribution in [0.25, 0.3) is 0 Å². The molecule has 1 amide bonds. The van der Waals surface area contributed by atoms with Gasteiger partial charge in [0, 0.05) is 6.42 Å². The van der Waals surface area contributed by atoms with E-state index < -0.39 is 63.2 Å². The van der Waals surface area contributed by atoms with Gasteiger partial charge in [0.05, 0.1) is 18.8 Å². The summed E-state index contributed by atoms with van der Waals surface area (Å²) < 4.78 is 23.0. The van der Waals surface area contributed by atoms with Crippen molar-refractivity contribution in [3.63, 3.8) is 0 Å². The van der Waals surface area contributed by atoms with Crippen LogP contribution in [0, 0.1) is 0 Å². The number of hydrogen-bond acceptors (Lipinski definition) is 10. The number of nitrogens with one attached hydrogen (secondary N) is 1. The molecule has 1 aliphatic rings. The van der Waals surface area contributed by atoms with Crippen molar-refractivity contribution in [2.45, 2.75) is 319 Å². The van der Waals surface area contributed by atoms with E-state index in [0.717, 1.165) is 38.5 Å². The molecule has 0 aliphatic heterocycles. The largest absolute Gasteiger partial charge is 0.472 e. The molecule has 12 nitrogen and oxygen atoms in total. The van der Waals surface area contributed by atoms with Crippen molar-refractivity contribution in [3.8, 4) is 0 Å². The first-order chi connectivity index (χ1) is 31.4. The molecule has 13 heteroatoms. The van der Waals surface area contributed by atoms with E-state index in [1.54, 1.807) is 0 Å². The van der Waals surface area contributed by atoms with E-state index in [1.165, 1.54) is 193 Å². The number of amides is 1. The Morgan fingerprint density at radius 1 is 0.462 bits per heavy atom. The Hall–Kier alpha value is -0.660. The summed E-state index contributed by atoms with van der Waals surface area (Å²) in [6, 6.07) is -1.03. The Labute approximate surface area is 397 Å². The number of hydrogen-bond donors (Lipinski definition) is 8. The number of phosphoric acid groups is 1. The minimum atomic E-state index is -5.05. The van der Waals surface area contributed by atoms with Gasteiger partial charge in [-0.3, -0.25) is 13.8 Å². The van der Waals surface area contributed by atoms with Crippen molar-refractivity contribution in [3.05, 3.63) is 0 Å². The van der Waals surface area contributed by atoms with Gasteiger partial charge < -0.3 is 40.8 Å². The second-order valence-electron chi connectivity index (χ2n) is 19.8. The third-order valence-corrected chi connectivity index (χ3v) is 14.7. The highest BCUT2D eigenvalue weighted by Crippen LogP contribution is 2.47. The normalized spacial score (nSPS) is 21.9. The third-order valence-electron chi connectivity index (χ3n) is 13.7. The maximum atomic E-state index is 13.0. The molecular formula is C52H104NO11P. The highest BCUT2D eigenvalue weighted by molar-refractivity contribution is 7.47. The first kappa shape index (κ1) is 62.4. The zero-order valence-electron chi connectivity index (χ0n) is 41.8. The summed E-state index contributed by atoms with van der Waals surface area (Å²) in [7, 11) is -5.05. The molecule has 1 fully saturated rings. The topological polar surface area (TPSA) is 206 Å². The number of aliphatic hydroxyl groups excluding tert-OH is 6. The molecule has 0 radical (unpaired) electrons. The van der Waals surface area contributed by atoms with Crippen molar-refractivity contribution in [2.75, 3.05) is 6.61 Å². The molecule has 1 saturated carbocycles.